The summed E-state index contributed by atoms with van der Waals surface area (Å²) in [6, 6.07) is 9.13. The van der Waals surface area contributed by atoms with Gasteiger partial charge in [0.25, 0.3) is 0 Å². The summed E-state index contributed by atoms with van der Waals surface area (Å²) in [5, 5.41) is 0. The minimum absolute atomic E-state index is 0.0510. The highest BCUT2D eigenvalue weighted by molar-refractivity contribution is 7.96. The first kappa shape index (κ1) is 21.7. The van der Waals surface area contributed by atoms with E-state index in [2.05, 4.69) is 4.74 Å². The van der Waals surface area contributed by atoms with Crippen LogP contribution in [0.1, 0.15) is 12.8 Å². The Labute approximate surface area is 190 Å². The molecule has 0 unspecified atom stereocenters. The van der Waals surface area contributed by atoms with Crippen LogP contribution in [0, 0.1) is 11.6 Å². The van der Waals surface area contributed by atoms with Gasteiger partial charge >= 0.3 is 5.97 Å². The molecule has 1 aliphatic carbocycles. The number of sulfone groups is 1. The summed E-state index contributed by atoms with van der Waals surface area (Å²) in [6.07, 6.45) is 3.00. The molecular formula is C23H23F2N3O4S. The highest BCUT2D eigenvalue weighted by atomic mass is 32.2. The van der Waals surface area contributed by atoms with Gasteiger partial charge in [-0.2, -0.15) is 0 Å². The van der Waals surface area contributed by atoms with Crippen LogP contribution in [0.25, 0.3) is 0 Å². The second-order valence-corrected chi connectivity index (χ2v) is 10.2. The zero-order valence-corrected chi connectivity index (χ0v) is 18.8. The maximum absolute atomic E-state index is 15.2. The second kappa shape index (κ2) is 8.02. The standard InChI is InChI=1S/C23H23F2N3O4S/c1-32-23(29)22-14-28(15-6-7-15)20-13-19(17(25)12-21(20)33(22,30)31)27-10-8-26(9-11-27)18-5-3-2-4-16(18)24/h2-5,12-15H,6-11H2,1H3. The Morgan fingerprint density at radius 2 is 1.58 bits per heavy atom. The summed E-state index contributed by atoms with van der Waals surface area (Å²) in [5.74, 6) is -1.96. The van der Waals surface area contributed by atoms with Gasteiger partial charge in [0, 0.05) is 38.4 Å². The molecule has 0 aromatic heterocycles. The molecule has 1 saturated heterocycles. The van der Waals surface area contributed by atoms with Gasteiger partial charge in [-0.05, 0) is 37.1 Å². The lowest BCUT2D eigenvalue weighted by Crippen LogP contribution is -2.47. The predicted molar refractivity (Wildman–Crippen MR) is 120 cm³/mol. The van der Waals surface area contributed by atoms with Crippen LogP contribution in [-0.4, -0.2) is 53.7 Å². The number of esters is 1. The number of methoxy groups -OCH3 is 1. The Morgan fingerprint density at radius 3 is 2.18 bits per heavy atom. The first-order chi connectivity index (χ1) is 15.8. The van der Waals surface area contributed by atoms with Crippen molar-refractivity contribution in [1.29, 1.82) is 0 Å². The molecule has 174 valence electrons. The average molecular weight is 476 g/mol. The van der Waals surface area contributed by atoms with Crippen molar-refractivity contribution in [2.24, 2.45) is 0 Å². The SMILES string of the molecule is COC(=O)C1=CN(C2CC2)c2cc(N3CCN(c4ccccc4F)CC3)c(F)cc2S1(=O)=O. The molecule has 33 heavy (non-hydrogen) atoms. The zero-order chi connectivity index (χ0) is 23.3. The van der Waals surface area contributed by atoms with Crippen LogP contribution >= 0.6 is 0 Å². The molecule has 2 fully saturated rings. The molecule has 0 N–H and O–H groups in total. The van der Waals surface area contributed by atoms with E-state index >= 15 is 4.39 Å². The Bertz CT molecular complexity index is 1250. The van der Waals surface area contributed by atoms with E-state index in [-0.39, 0.29) is 22.4 Å². The lowest BCUT2D eigenvalue weighted by Gasteiger charge is -2.38. The van der Waals surface area contributed by atoms with Crippen LogP contribution < -0.4 is 14.7 Å². The van der Waals surface area contributed by atoms with Crippen molar-refractivity contribution < 1.29 is 26.7 Å². The topological polar surface area (TPSA) is 70.2 Å². The van der Waals surface area contributed by atoms with Crippen molar-refractivity contribution >= 4 is 32.9 Å². The third kappa shape index (κ3) is 3.72. The number of fused-ring (bicyclic) bond motifs is 1. The molecule has 3 aliphatic rings. The number of hydrogen-bond donors (Lipinski definition) is 0. The van der Waals surface area contributed by atoms with Crippen molar-refractivity contribution in [1.82, 2.24) is 0 Å². The number of piperazine rings is 1. The zero-order valence-electron chi connectivity index (χ0n) is 18.0. The molecule has 0 amide bonds. The highest BCUT2D eigenvalue weighted by Crippen LogP contribution is 2.44. The van der Waals surface area contributed by atoms with Crippen LogP contribution in [0.3, 0.4) is 0 Å². The number of hydrogen-bond acceptors (Lipinski definition) is 7. The molecule has 0 bridgehead atoms. The molecule has 7 nitrogen and oxygen atoms in total. The normalized spacial score (nSPS) is 19.7. The molecule has 1 saturated carbocycles. The van der Waals surface area contributed by atoms with Crippen molar-refractivity contribution in [3.8, 4) is 0 Å². The highest BCUT2D eigenvalue weighted by Gasteiger charge is 2.41. The van der Waals surface area contributed by atoms with Gasteiger partial charge in [0.2, 0.25) is 9.84 Å². The minimum atomic E-state index is -4.22. The number of nitrogens with zero attached hydrogens (tertiary/aromatic N) is 3. The van der Waals surface area contributed by atoms with E-state index in [1.54, 1.807) is 29.2 Å². The fourth-order valence-electron chi connectivity index (χ4n) is 4.39. The summed E-state index contributed by atoms with van der Waals surface area (Å²) in [4.78, 5) is 16.9. The lowest BCUT2D eigenvalue weighted by molar-refractivity contribution is -0.135. The van der Waals surface area contributed by atoms with Gasteiger partial charge in [0.15, 0.2) is 4.91 Å². The number of carbonyl (C=O) groups excluding carboxylic acids is 1. The molecule has 5 rings (SSSR count). The van der Waals surface area contributed by atoms with Gasteiger partial charge in [0.05, 0.1) is 29.1 Å². The fraction of sp³-hybridized carbons (Fsp3) is 0.348. The first-order valence-electron chi connectivity index (χ1n) is 10.7. The largest absolute Gasteiger partial charge is 0.465 e. The van der Waals surface area contributed by atoms with Crippen LogP contribution in [0.5, 0.6) is 0 Å². The van der Waals surface area contributed by atoms with E-state index in [1.165, 1.54) is 12.3 Å². The minimum Gasteiger partial charge on any atom is -0.465 e. The summed E-state index contributed by atoms with van der Waals surface area (Å²) >= 11 is 0. The van der Waals surface area contributed by atoms with Gasteiger partial charge < -0.3 is 19.4 Å². The molecule has 0 radical (unpaired) electrons. The molecule has 2 heterocycles. The number of halogens is 2. The molecule has 0 spiro atoms. The lowest BCUT2D eigenvalue weighted by atomic mass is 10.2. The summed E-state index contributed by atoms with van der Waals surface area (Å²) in [5.41, 5.74) is 1.16. The van der Waals surface area contributed by atoms with Gasteiger partial charge in [-0.1, -0.05) is 12.1 Å². The summed E-state index contributed by atoms with van der Waals surface area (Å²) < 4.78 is 60.1. The molecule has 2 aromatic rings. The quantitative estimate of drug-likeness (QED) is 0.630. The summed E-state index contributed by atoms with van der Waals surface area (Å²) in [7, 11) is -3.10. The number of para-hydroxylation sites is 1. The number of benzene rings is 2. The van der Waals surface area contributed by atoms with E-state index in [4.69, 9.17) is 0 Å². The molecule has 2 aliphatic heterocycles. The van der Waals surface area contributed by atoms with E-state index in [1.807, 2.05) is 9.80 Å². The fourth-order valence-corrected chi connectivity index (χ4v) is 5.88. The molecule has 0 atom stereocenters. The molecule has 10 heteroatoms. The number of ether oxygens (including phenoxy) is 1. The third-order valence-electron chi connectivity index (χ3n) is 6.28. The average Bonchev–Trinajstić information content (AvgIpc) is 3.65. The van der Waals surface area contributed by atoms with Crippen molar-refractivity contribution in [2.45, 2.75) is 23.8 Å². The van der Waals surface area contributed by atoms with Gasteiger partial charge in [-0.3, -0.25) is 0 Å². The van der Waals surface area contributed by atoms with Gasteiger partial charge in [-0.15, -0.1) is 0 Å². The number of carbonyl (C=O) groups is 1. The van der Waals surface area contributed by atoms with Crippen molar-refractivity contribution in [3.63, 3.8) is 0 Å². The van der Waals surface area contributed by atoms with Crippen LogP contribution in [0.4, 0.5) is 25.8 Å². The monoisotopic (exact) mass is 475 g/mol. The van der Waals surface area contributed by atoms with E-state index in [0.717, 1.165) is 26.0 Å². The van der Waals surface area contributed by atoms with Crippen LogP contribution in [-0.2, 0) is 19.4 Å². The number of anilines is 3. The van der Waals surface area contributed by atoms with Crippen LogP contribution in [0.2, 0.25) is 0 Å². The van der Waals surface area contributed by atoms with E-state index in [0.29, 0.717) is 37.6 Å². The van der Waals surface area contributed by atoms with Crippen LogP contribution in [0.15, 0.2) is 52.4 Å². The van der Waals surface area contributed by atoms with Gasteiger partial charge in [-0.25, -0.2) is 22.0 Å². The molecular weight excluding hydrogens is 452 g/mol. The maximum atomic E-state index is 15.2. The van der Waals surface area contributed by atoms with E-state index < -0.39 is 26.5 Å². The predicted octanol–water partition coefficient (Wildman–Crippen LogP) is 3.06. The Morgan fingerprint density at radius 1 is 0.939 bits per heavy atom. The maximum Gasteiger partial charge on any atom is 0.351 e. The summed E-state index contributed by atoms with van der Waals surface area (Å²) in [6.45, 7) is 1.88. The Hall–Kier alpha value is -3.14. The number of rotatable bonds is 4. The van der Waals surface area contributed by atoms with Gasteiger partial charge in [0.1, 0.15) is 11.6 Å². The Balaban J connectivity index is 1.47. The smallest absolute Gasteiger partial charge is 0.351 e. The first-order valence-corrected chi connectivity index (χ1v) is 12.2. The Kier molecular flexibility index (Phi) is 5.27. The van der Waals surface area contributed by atoms with Crippen molar-refractivity contribution in [2.75, 3.05) is 48.0 Å². The third-order valence-corrected chi connectivity index (χ3v) is 8.04. The van der Waals surface area contributed by atoms with E-state index in [9.17, 15) is 17.6 Å². The van der Waals surface area contributed by atoms with Crippen molar-refractivity contribution in [3.05, 3.63) is 59.1 Å². The second-order valence-electron chi connectivity index (χ2n) is 8.32. The molecule has 2 aromatic carbocycles.